The third-order valence-corrected chi connectivity index (χ3v) is 4.39. The van der Waals surface area contributed by atoms with Crippen molar-refractivity contribution in [1.29, 1.82) is 0 Å². The van der Waals surface area contributed by atoms with Gasteiger partial charge in [0.25, 0.3) is 11.6 Å². The topological polar surface area (TPSA) is 88.5 Å². The van der Waals surface area contributed by atoms with Crippen LogP contribution in [0.15, 0.2) is 53.0 Å². The Hall–Kier alpha value is -3.42. The molecule has 0 aliphatic heterocycles. The summed E-state index contributed by atoms with van der Waals surface area (Å²) in [5.74, 6) is 0.204. The van der Waals surface area contributed by atoms with Crippen LogP contribution < -0.4 is 19.3 Å². The third kappa shape index (κ3) is 3.59. The minimum Gasteiger partial charge on any atom is -0.853 e. The predicted molar refractivity (Wildman–Crippen MR) is 96.8 cm³/mol. The van der Waals surface area contributed by atoms with Gasteiger partial charge in [-0.15, -0.1) is 0 Å². The molecule has 140 valence electrons. The molecule has 0 saturated carbocycles. The van der Waals surface area contributed by atoms with Crippen LogP contribution in [0, 0.1) is 6.92 Å². The van der Waals surface area contributed by atoms with Gasteiger partial charge in [-0.25, -0.2) is 18.3 Å². The van der Waals surface area contributed by atoms with Gasteiger partial charge in [0.2, 0.25) is 0 Å². The molecule has 0 radical (unpaired) electrons. The first-order chi connectivity index (χ1) is 12.8. The van der Waals surface area contributed by atoms with E-state index < -0.39 is 0 Å². The van der Waals surface area contributed by atoms with E-state index in [1.54, 1.807) is 89.4 Å². The van der Waals surface area contributed by atoms with Gasteiger partial charge in [0.1, 0.15) is 24.8 Å². The molecule has 27 heavy (non-hydrogen) atoms. The summed E-state index contributed by atoms with van der Waals surface area (Å²) in [5, 5.41) is 25.1. The first-order valence-corrected chi connectivity index (χ1v) is 8.42. The largest absolute Gasteiger partial charge is 0.853 e. The number of imidazole rings is 2. The smallest absolute Gasteiger partial charge is 0.292 e. The molecule has 0 bridgehead atoms. The van der Waals surface area contributed by atoms with Crippen LogP contribution in [0.25, 0.3) is 0 Å². The minimum absolute atomic E-state index is 0.356. The summed E-state index contributed by atoms with van der Waals surface area (Å²) >= 11 is 0. The fourth-order valence-corrected chi connectivity index (χ4v) is 2.90. The van der Waals surface area contributed by atoms with Gasteiger partial charge >= 0.3 is 0 Å². The van der Waals surface area contributed by atoms with E-state index in [0.29, 0.717) is 23.0 Å². The molecule has 0 amide bonds. The Morgan fingerprint density at radius 2 is 1.41 bits per heavy atom. The summed E-state index contributed by atoms with van der Waals surface area (Å²) in [6.07, 6.45) is 7.16. The van der Waals surface area contributed by atoms with Crippen LogP contribution in [-0.2, 0) is 28.2 Å². The third-order valence-electron chi connectivity index (χ3n) is 4.39. The summed E-state index contributed by atoms with van der Waals surface area (Å²) in [6, 6.07) is 5.19. The highest BCUT2D eigenvalue weighted by molar-refractivity contribution is 5.89. The van der Waals surface area contributed by atoms with Crippen molar-refractivity contribution >= 4 is 23.2 Å². The van der Waals surface area contributed by atoms with Crippen molar-refractivity contribution in [2.45, 2.75) is 6.92 Å². The fourth-order valence-electron chi connectivity index (χ4n) is 2.90. The molecular weight excluding hydrogens is 344 g/mol. The van der Waals surface area contributed by atoms with Gasteiger partial charge < -0.3 is 10.2 Å². The van der Waals surface area contributed by atoms with Crippen molar-refractivity contribution in [3.63, 3.8) is 0 Å². The molecule has 0 spiro atoms. The molecule has 0 atom stereocenters. The second kappa shape index (κ2) is 7.06. The highest BCUT2D eigenvalue weighted by Crippen LogP contribution is 2.25. The molecule has 0 aliphatic carbocycles. The van der Waals surface area contributed by atoms with Gasteiger partial charge in [0.05, 0.1) is 51.4 Å². The van der Waals surface area contributed by atoms with E-state index in [2.05, 4.69) is 9.98 Å². The summed E-state index contributed by atoms with van der Waals surface area (Å²) in [7, 11) is 7.16. The monoisotopic (exact) mass is 366 g/mol. The van der Waals surface area contributed by atoms with Gasteiger partial charge in [0.15, 0.2) is 0 Å². The average Bonchev–Trinajstić information content (AvgIpc) is 3.12. The van der Waals surface area contributed by atoms with Gasteiger partial charge in [-0.05, 0) is 24.6 Å². The highest BCUT2D eigenvalue weighted by Gasteiger charge is 2.13. The number of aliphatic imine (C=N–C) groups is 2. The van der Waals surface area contributed by atoms with Crippen molar-refractivity contribution in [3.8, 4) is 0 Å². The maximum absolute atomic E-state index is 12.6. The Morgan fingerprint density at radius 3 is 1.89 bits per heavy atom. The van der Waals surface area contributed by atoms with Crippen LogP contribution in [0.5, 0.6) is 0 Å². The van der Waals surface area contributed by atoms with E-state index in [9.17, 15) is 10.2 Å². The maximum Gasteiger partial charge on any atom is 0.292 e. The average molecular weight is 366 g/mol. The molecule has 0 aliphatic rings. The van der Waals surface area contributed by atoms with Gasteiger partial charge in [-0.1, -0.05) is 6.07 Å². The molecule has 0 N–H and O–H groups in total. The van der Waals surface area contributed by atoms with Crippen molar-refractivity contribution in [2.24, 2.45) is 38.2 Å². The quantitative estimate of drug-likeness (QED) is 0.344. The van der Waals surface area contributed by atoms with Crippen molar-refractivity contribution in [3.05, 3.63) is 60.2 Å². The van der Waals surface area contributed by atoms with E-state index in [-0.39, 0.29) is 11.8 Å². The standard InChI is InChI=1S/C19H22N6O2/c1-13-6-7-14(20-16(26)18-22(2)8-9-23(18)3)12-15(13)21-17(27)19-24(4)10-11-25(19)5/h6-12H,1-5H3. The first-order valence-electron chi connectivity index (χ1n) is 8.42. The van der Waals surface area contributed by atoms with Gasteiger partial charge in [0, 0.05) is 0 Å². The Labute approximate surface area is 157 Å². The van der Waals surface area contributed by atoms with E-state index in [1.807, 2.05) is 6.92 Å². The lowest BCUT2D eigenvalue weighted by Crippen LogP contribution is -2.39. The molecule has 8 heteroatoms. The zero-order valence-electron chi connectivity index (χ0n) is 16.0. The molecule has 2 aromatic heterocycles. The fraction of sp³-hybridized carbons (Fsp3) is 0.263. The summed E-state index contributed by atoms with van der Waals surface area (Å²) in [4.78, 5) is 8.39. The predicted octanol–water partition coefficient (Wildman–Crippen LogP) is -0.802. The lowest BCUT2D eigenvalue weighted by Gasteiger charge is -2.11. The maximum atomic E-state index is 12.6. The zero-order chi connectivity index (χ0) is 19.7. The van der Waals surface area contributed by atoms with Crippen LogP contribution in [0.4, 0.5) is 11.4 Å². The number of benzene rings is 1. The van der Waals surface area contributed by atoms with Crippen molar-refractivity contribution in [1.82, 2.24) is 9.13 Å². The molecule has 0 saturated heterocycles. The molecule has 2 heterocycles. The number of hydrogen-bond donors (Lipinski definition) is 0. The number of hydrogen-bond acceptors (Lipinski definition) is 4. The number of aryl methyl sites for hydroxylation is 5. The SMILES string of the molecule is Cc1ccc(/N=C(\[O-])c2n(C)cc[n+]2C)cc1N=C([O-])c1n(C)cc[n+]1C. The minimum atomic E-state index is -0.361. The van der Waals surface area contributed by atoms with Crippen LogP contribution in [-0.4, -0.2) is 20.9 Å². The molecule has 3 aromatic rings. The van der Waals surface area contributed by atoms with Crippen molar-refractivity contribution in [2.75, 3.05) is 0 Å². The molecular formula is C19H22N6O2. The highest BCUT2D eigenvalue weighted by atomic mass is 16.3. The first kappa shape index (κ1) is 18.4. The van der Waals surface area contributed by atoms with Gasteiger partial charge in [-0.3, -0.25) is 9.98 Å². The molecule has 3 rings (SSSR count). The number of nitrogens with zero attached hydrogens (tertiary/aromatic N) is 6. The molecule has 0 fully saturated rings. The summed E-state index contributed by atoms with van der Waals surface area (Å²) in [5.41, 5.74) is 1.78. The lowest BCUT2D eigenvalue weighted by atomic mass is 10.2. The van der Waals surface area contributed by atoms with E-state index >= 15 is 0 Å². The van der Waals surface area contributed by atoms with Crippen LogP contribution in [0.3, 0.4) is 0 Å². The Kier molecular flexibility index (Phi) is 4.81. The second-order valence-corrected chi connectivity index (χ2v) is 6.49. The van der Waals surface area contributed by atoms with E-state index in [4.69, 9.17) is 0 Å². The van der Waals surface area contributed by atoms with E-state index in [1.165, 1.54) is 0 Å². The molecule has 8 nitrogen and oxygen atoms in total. The zero-order valence-corrected chi connectivity index (χ0v) is 16.0. The van der Waals surface area contributed by atoms with Gasteiger partial charge in [-0.2, -0.15) is 0 Å². The molecule has 1 aromatic carbocycles. The Bertz CT molecular complexity index is 1020. The normalized spacial score (nSPS) is 12.6. The van der Waals surface area contributed by atoms with Crippen molar-refractivity contribution < 1.29 is 19.3 Å². The Morgan fingerprint density at radius 1 is 0.889 bits per heavy atom. The second-order valence-electron chi connectivity index (χ2n) is 6.49. The lowest BCUT2D eigenvalue weighted by molar-refractivity contribution is -0.674. The van der Waals surface area contributed by atoms with Crippen LogP contribution >= 0.6 is 0 Å². The number of aromatic nitrogens is 4. The summed E-state index contributed by atoms with van der Waals surface area (Å²) in [6.45, 7) is 1.86. The Balaban J connectivity index is 2.00. The van der Waals surface area contributed by atoms with E-state index in [0.717, 1.165) is 5.56 Å². The van der Waals surface area contributed by atoms with Crippen LogP contribution in [0.2, 0.25) is 0 Å². The summed E-state index contributed by atoms with van der Waals surface area (Å²) < 4.78 is 6.86. The molecule has 0 unspecified atom stereocenters. The number of rotatable bonds is 4. The van der Waals surface area contributed by atoms with Crippen LogP contribution in [0.1, 0.15) is 17.2 Å².